The van der Waals surface area contributed by atoms with Crippen molar-refractivity contribution in [2.24, 2.45) is 5.41 Å². The summed E-state index contributed by atoms with van der Waals surface area (Å²) in [6.07, 6.45) is 1.07. The van der Waals surface area contributed by atoms with Crippen molar-refractivity contribution < 1.29 is 23.1 Å². The number of nitrogens with zero attached hydrogens (tertiary/aromatic N) is 1. The van der Waals surface area contributed by atoms with Crippen molar-refractivity contribution >= 4 is 33.3 Å². The van der Waals surface area contributed by atoms with E-state index in [-0.39, 0.29) is 11.5 Å². The number of benzene rings is 3. The second-order valence-electron chi connectivity index (χ2n) is 8.94. The van der Waals surface area contributed by atoms with E-state index in [1.165, 1.54) is 0 Å². The van der Waals surface area contributed by atoms with Crippen LogP contribution in [0.15, 0.2) is 66.7 Å². The van der Waals surface area contributed by atoms with E-state index in [9.17, 15) is 23.1 Å². The van der Waals surface area contributed by atoms with Gasteiger partial charge in [-0.05, 0) is 60.9 Å². The summed E-state index contributed by atoms with van der Waals surface area (Å²) in [6.45, 7) is 4.31. The van der Waals surface area contributed by atoms with Crippen LogP contribution in [-0.2, 0) is 14.8 Å². The van der Waals surface area contributed by atoms with E-state index in [0.29, 0.717) is 23.4 Å². The van der Waals surface area contributed by atoms with Crippen LogP contribution in [0.4, 0.5) is 11.4 Å². The largest absolute Gasteiger partial charge is 0.478 e. The lowest BCUT2D eigenvalue weighted by atomic mass is 9.90. The van der Waals surface area contributed by atoms with E-state index in [2.05, 4.69) is 10.1 Å². The molecule has 0 unspecified atom stereocenters. The SMILES string of the molecule is CC1(C)CN(c2ccc(-c3cccc(C(=O)O)c3-c3ccc(NS(C)(=O)=O)cc3)cc2)NC1=O. The number of hydrogen-bond acceptors (Lipinski definition) is 5. The number of carbonyl (C=O) groups is 2. The maximum Gasteiger partial charge on any atom is 0.336 e. The van der Waals surface area contributed by atoms with Crippen LogP contribution < -0.4 is 15.2 Å². The van der Waals surface area contributed by atoms with Crippen LogP contribution in [0.1, 0.15) is 24.2 Å². The van der Waals surface area contributed by atoms with Crippen LogP contribution in [-0.4, -0.2) is 38.2 Å². The zero-order valence-electron chi connectivity index (χ0n) is 19.0. The standard InChI is InChI=1S/C25H25N3O5S/c1-25(2)15-28(26-24(25)31)19-13-9-16(10-14-19)20-5-4-6-21(23(29)30)22(20)17-7-11-18(12-8-17)27-34(3,32)33/h4-14,27H,15H2,1-3H3,(H,26,31)(H,29,30). The molecule has 9 heteroatoms. The molecule has 1 fully saturated rings. The molecule has 1 amide bonds. The quantitative estimate of drug-likeness (QED) is 0.493. The van der Waals surface area contributed by atoms with Gasteiger partial charge in [-0.3, -0.25) is 20.0 Å². The first-order chi connectivity index (χ1) is 15.9. The Balaban J connectivity index is 1.73. The number of sulfonamides is 1. The number of carboxylic acid groups (broad SMARTS) is 1. The average Bonchev–Trinajstić information content (AvgIpc) is 3.05. The van der Waals surface area contributed by atoms with Crippen molar-refractivity contribution in [2.75, 3.05) is 22.5 Å². The Bertz CT molecular complexity index is 1360. The summed E-state index contributed by atoms with van der Waals surface area (Å²) < 4.78 is 25.4. The van der Waals surface area contributed by atoms with E-state index < -0.39 is 21.4 Å². The smallest absolute Gasteiger partial charge is 0.336 e. The molecule has 3 aromatic carbocycles. The van der Waals surface area contributed by atoms with Crippen LogP contribution >= 0.6 is 0 Å². The number of carboxylic acids is 1. The molecule has 1 aliphatic rings. The van der Waals surface area contributed by atoms with Gasteiger partial charge in [0.1, 0.15) is 0 Å². The molecule has 1 aliphatic heterocycles. The van der Waals surface area contributed by atoms with Crippen molar-refractivity contribution in [2.45, 2.75) is 13.8 Å². The van der Waals surface area contributed by atoms with Gasteiger partial charge in [0.15, 0.2) is 0 Å². The average molecular weight is 480 g/mol. The Morgan fingerprint density at radius 3 is 2.15 bits per heavy atom. The lowest BCUT2D eigenvalue weighted by Crippen LogP contribution is -2.33. The number of amides is 1. The third kappa shape index (κ3) is 4.74. The zero-order chi connectivity index (χ0) is 24.7. The predicted octanol–water partition coefficient (Wildman–Crippen LogP) is 3.97. The molecule has 0 saturated carbocycles. The Morgan fingerprint density at radius 1 is 1.00 bits per heavy atom. The highest BCUT2D eigenvalue weighted by Gasteiger charge is 2.38. The number of aromatic carboxylic acids is 1. The molecule has 0 aliphatic carbocycles. The summed E-state index contributed by atoms with van der Waals surface area (Å²) in [4.78, 5) is 24.1. The summed E-state index contributed by atoms with van der Waals surface area (Å²) in [5, 5.41) is 11.6. The molecule has 0 spiro atoms. The molecular weight excluding hydrogens is 454 g/mol. The fourth-order valence-corrected chi connectivity index (χ4v) is 4.52. The topological polar surface area (TPSA) is 116 Å². The summed E-state index contributed by atoms with van der Waals surface area (Å²) in [6, 6.07) is 19.2. The first-order valence-corrected chi connectivity index (χ1v) is 12.5. The lowest BCUT2D eigenvalue weighted by Gasteiger charge is -2.20. The van der Waals surface area contributed by atoms with Crippen LogP contribution in [0.25, 0.3) is 22.3 Å². The minimum atomic E-state index is -3.42. The van der Waals surface area contributed by atoms with Crippen molar-refractivity contribution in [3.05, 3.63) is 72.3 Å². The predicted molar refractivity (Wildman–Crippen MR) is 132 cm³/mol. The number of hydrazine groups is 1. The van der Waals surface area contributed by atoms with E-state index in [1.807, 2.05) is 44.2 Å². The van der Waals surface area contributed by atoms with Gasteiger partial charge in [-0.25, -0.2) is 13.2 Å². The first kappa shape index (κ1) is 23.3. The lowest BCUT2D eigenvalue weighted by molar-refractivity contribution is -0.125. The van der Waals surface area contributed by atoms with Gasteiger partial charge < -0.3 is 5.11 Å². The molecule has 3 N–H and O–H groups in total. The third-order valence-electron chi connectivity index (χ3n) is 5.67. The van der Waals surface area contributed by atoms with Crippen LogP contribution in [0, 0.1) is 5.41 Å². The highest BCUT2D eigenvalue weighted by Crippen LogP contribution is 2.37. The summed E-state index contributed by atoms with van der Waals surface area (Å²) in [5.74, 6) is -1.10. The Morgan fingerprint density at radius 2 is 1.62 bits per heavy atom. The van der Waals surface area contributed by atoms with Gasteiger partial charge in [0.2, 0.25) is 15.9 Å². The molecule has 3 aromatic rings. The Kier molecular flexibility index (Phi) is 5.82. The Labute approximate surface area is 198 Å². The molecule has 176 valence electrons. The van der Waals surface area contributed by atoms with Crippen molar-refractivity contribution in [3.63, 3.8) is 0 Å². The second-order valence-corrected chi connectivity index (χ2v) is 10.7. The molecule has 0 aromatic heterocycles. The van der Waals surface area contributed by atoms with E-state index in [0.717, 1.165) is 23.1 Å². The monoisotopic (exact) mass is 479 g/mol. The van der Waals surface area contributed by atoms with E-state index >= 15 is 0 Å². The molecule has 1 saturated heterocycles. The first-order valence-electron chi connectivity index (χ1n) is 10.6. The molecule has 8 nitrogen and oxygen atoms in total. The van der Waals surface area contributed by atoms with E-state index in [4.69, 9.17) is 0 Å². The number of nitrogens with one attached hydrogen (secondary N) is 2. The number of carbonyl (C=O) groups excluding carboxylic acids is 1. The Hall–Kier alpha value is -3.85. The minimum Gasteiger partial charge on any atom is -0.478 e. The molecule has 4 rings (SSSR count). The highest BCUT2D eigenvalue weighted by molar-refractivity contribution is 7.92. The molecule has 0 radical (unpaired) electrons. The summed E-state index contributed by atoms with van der Waals surface area (Å²) in [7, 11) is -3.42. The van der Waals surface area contributed by atoms with E-state index in [1.54, 1.807) is 41.4 Å². The van der Waals surface area contributed by atoms with Crippen molar-refractivity contribution in [1.29, 1.82) is 0 Å². The third-order valence-corrected chi connectivity index (χ3v) is 6.27. The van der Waals surface area contributed by atoms with Gasteiger partial charge in [-0.1, -0.05) is 36.4 Å². The maximum atomic E-state index is 12.1. The van der Waals surface area contributed by atoms with Gasteiger partial charge >= 0.3 is 5.97 Å². The fraction of sp³-hybridized carbons (Fsp3) is 0.200. The molecular formula is C25H25N3O5S. The van der Waals surface area contributed by atoms with Crippen LogP contribution in [0.3, 0.4) is 0 Å². The number of rotatable bonds is 6. The van der Waals surface area contributed by atoms with Crippen molar-refractivity contribution in [1.82, 2.24) is 5.43 Å². The van der Waals surface area contributed by atoms with Crippen molar-refractivity contribution in [3.8, 4) is 22.3 Å². The zero-order valence-corrected chi connectivity index (χ0v) is 19.8. The van der Waals surface area contributed by atoms with Gasteiger partial charge in [0, 0.05) is 11.3 Å². The van der Waals surface area contributed by atoms with Gasteiger partial charge in [-0.2, -0.15) is 0 Å². The second kappa shape index (κ2) is 8.49. The molecule has 0 atom stereocenters. The highest BCUT2D eigenvalue weighted by atomic mass is 32.2. The minimum absolute atomic E-state index is 0.0400. The normalized spacial score (nSPS) is 15.1. The molecule has 34 heavy (non-hydrogen) atoms. The molecule has 1 heterocycles. The maximum absolute atomic E-state index is 12.1. The fourth-order valence-electron chi connectivity index (χ4n) is 3.96. The van der Waals surface area contributed by atoms with Gasteiger partial charge in [0.05, 0.1) is 29.5 Å². The van der Waals surface area contributed by atoms with Gasteiger partial charge in [0.25, 0.3) is 0 Å². The number of hydrogen-bond donors (Lipinski definition) is 3. The van der Waals surface area contributed by atoms with Crippen LogP contribution in [0.2, 0.25) is 0 Å². The molecule has 0 bridgehead atoms. The van der Waals surface area contributed by atoms with Crippen LogP contribution in [0.5, 0.6) is 0 Å². The summed E-state index contributed by atoms with van der Waals surface area (Å²) >= 11 is 0. The number of anilines is 2. The summed E-state index contributed by atoms with van der Waals surface area (Å²) in [5.41, 5.74) is 6.45. The van der Waals surface area contributed by atoms with Gasteiger partial charge in [-0.15, -0.1) is 0 Å².